The molecule has 3 aromatic rings. The Morgan fingerprint density at radius 1 is 0.967 bits per heavy atom. The van der Waals surface area contributed by atoms with Crippen molar-refractivity contribution in [1.29, 1.82) is 0 Å². The molecule has 0 fully saturated rings. The fraction of sp³-hybridized carbons (Fsp3) is 0.130. The first-order valence-electron chi connectivity index (χ1n) is 9.19. The SMILES string of the molecule is COc1ccc(NC(=O)c2ccccc2SCC(=O)Nc2ccc(C)cc2)cc1Cl. The second-order valence-electron chi connectivity index (χ2n) is 6.50. The average Bonchev–Trinajstić information content (AvgIpc) is 2.74. The highest BCUT2D eigenvalue weighted by molar-refractivity contribution is 8.00. The fourth-order valence-electron chi connectivity index (χ4n) is 2.70. The Kier molecular flexibility index (Phi) is 7.38. The molecule has 3 rings (SSSR count). The molecule has 0 saturated heterocycles. The Labute approximate surface area is 184 Å². The molecule has 30 heavy (non-hydrogen) atoms. The van der Waals surface area contributed by atoms with Gasteiger partial charge in [0, 0.05) is 16.3 Å². The van der Waals surface area contributed by atoms with E-state index >= 15 is 0 Å². The van der Waals surface area contributed by atoms with E-state index in [9.17, 15) is 9.59 Å². The molecule has 0 aliphatic rings. The summed E-state index contributed by atoms with van der Waals surface area (Å²) in [5, 5.41) is 6.10. The number of carbonyl (C=O) groups is 2. The number of anilines is 2. The molecule has 154 valence electrons. The van der Waals surface area contributed by atoms with Gasteiger partial charge >= 0.3 is 0 Å². The van der Waals surface area contributed by atoms with Crippen LogP contribution in [0.5, 0.6) is 5.75 Å². The van der Waals surface area contributed by atoms with E-state index in [-0.39, 0.29) is 17.6 Å². The van der Waals surface area contributed by atoms with Crippen molar-refractivity contribution in [2.45, 2.75) is 11.8 Å². The molecule has 3 aromatic carbocycles. The number of hydrogen-bond acceptors (Lipinski definition) is 4. The van der Waals surface area contributed by atoms with Gasteiger partial charge in [-0.15, -0.1) is 11.8 Å². The molecule has 0 atom stereocenters. The molecule has 0 aromatic heterocycles. The predicted octanol–water partition coefficient (Wildman–Crippen LogP) is 5.64. The lowest BCUT2D eigenvalue weighted by Crippen LogP contribution is -2.16. The van der Waals surface area contributed by atoms with E-state index < -0.39 is 0 Å². The van der Waals surface area contributed by atoms with Crippen molar-refractivity contribution in [3.05, 3.63) is 82.9 Å². The number of nitrogens with one attached hydrogen (secondary N) is 2. The van der Waals surface area contributed by atoms with Gasteiger partial charge in [-0.25, -0.2) is 0 Å². The Morgan fingerprint density at radius 2 is 1.67 bits per heavy atom. The molecule has 0 bridgehead atoms. The summed E-state index contributed by atoms with van der Waals surface area (Å²) in [6, 6.07) is 19.8. The zero-order valence-corrected chi connectivity index (χ0v) is 18.1. The molecule has 0 spiro atoms. The molecule has 2 N–H and O–H groups in total. The van der Waals surface area contributed by atoms with E-state index in [0.29, 0.717) is 26.9 Å². The molecule has 0 heterocycles. The van der Waals surface area contributed by atoms with Crippen LogP contribution in [0, 0.1) is 6.92 Å². The lowest BCUT2D eigenvalue weighted by molar-refractivity contribution is -0.113. The number of carbonyl (C=O) groups excluding carboxylic acids is 2. The van der Waals surface area contributed by atoms with Crippen LogP contribution in [0.1, 0.15) is 15.9 Å². The van der Waals surface area contributed by atoms with E-state index in [4.69, 9.17) is 16.3 Å². The summed E-state index contributed by atoms with van der Waals surface area (Å²) in [4.78, 5) is 25.8. The molecule has 0 aliphatic heterocycles. The zero-order valence-electron chi connectivity index (χ0n) is 16.6. The zero-order chi connectivity index (χ0) is 21.5. The summed E-state index contributed by atoms with van der Waals surface area (Å²) in [5.41, 5.74) is 2.91. The van der Waals surface area contributed by atoms with Crippen LogP contribution in [0.2, 0.25) is 5.02 Å². The standard InChI is InChI=1S/C23H21ClN2O3S/c1-15-7-9-16(10-8-15)25-22(27)14-30-21-6-4-3-5-18(21)23(28)26-17-11-12-20(29-2)19(24)13-17/h3-13H,14H2,1-2H3,(H,25,27)(H,26,28). The number of halogens is 1. The number of thioether (sulfide) groups is 1. The Balaban J connectivity index is 1.64. The van der Waals surface area contributed by atoms with Gasteiger partial charge in [-0.2, -0.15) is 0 Å². The Hall–Kier alpha value is -2.96. The normalized spacial score (nSPS) is 10.4. The van der Waals surface area contributed by atoms with Crippen molar-refractivity contribution in [3.63, 3.8) is 0 Å². The highest BCUT2D eigenvalue weighted by Crippen LogP contribution is 2.28. The van der Waals surface area contributed by atoms with Gasteiger partial charge in [0.05, 0.1) is 23.4 Å². The van der Waals surface area contributed by atoms with Crippen LogP contribution in [0.4, 0.5) is 11.4 Å². The second-order valence-corrected chi connectivity index (χ2v) is 7.93. The molecule has 0 saturated carbocycles. The minimum atomic E-state index is -0.279. The van der Waals surface area contributed by atoms with Gasteiger partial charge in [0.15, 0.2) is 0 Å². The minimum Gasteiger partial charge on any atom is -0.495 e. The maximum atomic E-state index is 12.8. The molecule has 0 aliphatic carbocycles. The number of aryl methyl sites for hydroxylation is 1. The summed E-state index contributed by atoms with van der Waals surface area (Å²) in [6.45, 7) is 1.99. The molecule has 5 nitrogen and oxygen atoms in total. The number of rotatable bonds is 7. The molecule has 0 unspecified atom stereocenters. The quantitative estimate of drug-likeness (QED) is 0.466. The largest absolute Gasteiger partial charge is 0.495 e. The third kappa shape index (κ3) is 5.78. The van der Waals surface area contributed by atoms with Crippen LogP contribution in [0.15, 0.2) is 71.6 Å². The summed E-state index contributed by atoms with van der Waals surface area (Å²) >= 11 is 7.43. The molecular formula is C23H21ClN2O3S. The predicted molar refractivity (Wildman–Crippen MR) is 123 cm³/mol. The summed E-state index contributed by atoms with van der Waals surface area (Å²) in [6.07, 6.45) is 0. The molecular weight excluding hydrogens is 420 g/mol. The first kappa shape index (κ1) is 21.7. The van der Waals surface area contributed by atoms with Crippen molar-refractivity contribution in [1.82, 2.24) is 0 Å². The van der Waals surface area contributed by atoms with Crippen LogP contribution in [-0.4, -0.2) is 24.7 Å². The summed E-state index contributed by atoms with van der Waals surface area (Å²) in [5.74, 6) is 0.302. The Bertz CT molecular complexity index is 1050. The van der Waals surface area contributed by atoms with Gasteiger partial charge in [0.2, 0.25) is 5.91 Å². The minimum absolute atomic E-state index is 0.138. The first-order valence-corrected chi connectivity index (χ1v) is 10.6. The topological polar surface area (TPSA) is 67.4 Å². The summed E-state index contributed by atoms with van der Waals surface area (Å²) in [7, 11) is 1.53. The second kappa shape index (κ2) is 10.2. The number of hydrogen-bond donors (Lipinski definition) is 2. The maximum Gasteiger partial charge on any atom is 0.256 e. The van der Waals surface area contributed by atoms with Crippen LogP contribution in [-0.2, 0) is 4.79 Å². The smallest absolute Gasteiger partial charge is 0.256 e. The lowest BCUT2D eigenvalue weighted by Gasteiger charge is -2.11. The average molecular weight is 441 g/mol. The molecule has 2 amide bonds. The Morgan fingerprint density at radius 3 is 2.37 bits per heavy atom. The summed E-state index contributed by atoms with van der Waals surface area (Å²) < 4.78 is 5.13. The molecule has 0 radical (unpaired) electrons. The van der Waals surface area contributed by atoms with E-state index in [2.05, 4.69) is 10.6 Å². The van der Waals surface area contributed by atoms with E-state index in [0.717, 1.165) is 11.3 Å². The van der Waals surface area contributed by atoms with Crippen molar-refractivity contribution in [2.75, 3.05) is 23.5 Å². The van der Waals surface area contributed by atoms with Crippen LogP contribution in [0.25, 0.3) is 0 Å². The monoisotopic (exact) mass is 440 g/mol. The van der Waals surface area contributed by atoms with Crippen molar-refractivity contribution in [3.8, 4) is 5.75 Å². The molecule has 7 heteroatoms. The van der Waals surface area contributed by atoms with Gasteiger partial charge in [0.1, 0.15) is 5.75 Å². The number of methoxy groups -OCH3 is 1. The maximum absolute atomic E-state index is 12.8. The van der Waals surface area contributed by atoms with Crippen LogP contribution < -0.4 is 15.4 Å². The highest BCUT2D eigenvalue weighted by Gasteiger charge is 2.14. The van der Waals surface area contributed by atoms with Gasteiger partial charge in [0.25, 0.3) is 5.91 Å². The highest BCUT2D eigenvalue weighted by atomic mass is 35.5. The number of benzene rings is 3. The van der Waals surface area contributed by atoms with Crippen molar-refractivity contribution >= 4 is 46.6 Å². The van der Waals surface area contributed by atoms with E-state index in [1.165, 1.54) is 18.9 Å². The van der Waals surface area contributed by atoms with E-state index in [1.54, 1.807) is 30.3 Å². The first-order chi connectivity index (χ1) is 14.5. The van der Waals surface area contributed by atoms with Crippen LogP contribution in [0.3, 0.4) is 0 Å². The van der Waals surface area contributed by atoms with Crippen molar-refractivity contribution < 1.29 is 14.3 Å². The van der Waals surface area contributed by atoms with Crippen molar-refractivity contribution in [2.24, 2.45) is 0 Å². The lowest BCUT2D eigenvalue weighted by atomic mass is 10.2. The third-order valence-corrected chi connectivity index (χ3v) is 5.60. The van der Waals surface area contributed by atoms with Gasteiger partial charge in [-0.3, -0.25) is 9.59 Å². The van der Waals surface area contributed by atoms with Crippen LogP contribution >= 0.6 is 23.4 Å². The van der Waals surface area contributed by atoms with Gasteiger partial charge < -0.3 is 15.4 Å². The van der Waals surface area contributed by atoms with E-state index in [1.807, 2.05) is 43.3 Å². The van der Waals surface area contributed by atoms with Gasteiger partial charge in [-0.05, 0) is 49.4 Å². The third-order valence-electron chi connectivity index (χ3n) is 4.24. The number of amides is 2. The fourth-order valence-corrected chi connectivity index (χ4v) is 3.81. The van der Waals surface area contributed by atoms with Gasteiger partial charge in [-0.1, -0.05) is 41.4 Å². The number of ether oxygens (including phenoxy) is 1.